The molecule has 10 heavy (non-hydrogen) atoms. The summed E-state index contributed by atoms with van der Waals surface area (Å²) in [5.74, 6) is 0. The van der Waals surface area contributed by atoms with Gasteiger partial charge in [0.25, 0.3) is 4.95 Å². The van der Waals surface area contributed by atoms with E-state index in [9.17, 15) is 10.1 Å². The van der Waals surface area contributed by atoms with Gasteiger partial charge in [0.05, 0.1) is 0 Å². The Balaban J connectivity index is 3.69. The molecule has 0 aromatic carbocycles. The minimum Gasteiger partial charge on any atom is -0.385 e. The number of nitro groups is 1. The maximum atomic E-state index is 10.0. The van der Waals surface area contributed by atoms with E-state index in [0.717, 1.165) is 6.42 Å². The molecule has 0 aliphatic rings. The SMILES string of the molecule is CCCC(O)C(Br)[N+](=O)[O-]. The van der Waals surface area contributed by atoms with E-state index in [1.54, 1.807) is 0 Å². The van der Waals surface area contributed by atoms with Gasteiger partial charge in [-0.2, -0.15) is 0 Å². The molecular weight excluding hydrogens is 202 g/mol. The Labute approximate surface area is 67.5 Å². The van der Waals surface area contributed by atoms with Crippen LogP contribution < -0.4 is 0 Å². The van der Waals surface area contributed by atoms with E-state index < -0.39 is 16.0 Å². The Morgan fingerprint density at radius 1 is 1.80 bits per heavy atom. The molecule has 0 aliphatic heterocycles. The molecule has 2 atom stereocenters. The highest BCUT2D eigenvalue weighted by Gasteiger charge is 2.24. The largest absolute Gasteiger partial charge is 0.385 e. The fraction of sp³-hybridized carbons (Fsp3) is 1.00. The van der Waals surface area contributed by atoms with Gasteiger partial charge in [-0.1, -0.05) is 13.3 Å². The Bertz CT molecular complexity index is 119. The molecule has 4 nitrogen and oxygen atoms in total. The zero-order valence-corrected chi connectivity index (χ0v) is 7.24. The van der Waals surface area contributed by atoms with Crippen molar-refractivity contribution >= 4 is 15.9 Å². The average molecular weight is 212 g/mol. The molecule has 0 aliphatic carbocycles. The van der Waals surface area contributed by atoms with Crippen molar-refractivity contribution in [2.24, 2.45) is 0 Å². The second-order valence-corrected chi connectivity index (χ2v) is 2.95. The van der Waals surface area contributed by atoms with Crippen molar-refractivity contribution in [3.8, 4) is 0 Å². The molecule has 5 heteroatoms. The van der Waals surface area contributed by atoms with Crippen molar-refractivity contribution in [2.75, 3.05) is 0 Å². The molecule has 0 aromatic rings. The first-order valence-electron chi connectivity index (χ1n) is 3.05. The molecule has 0 amide bonds. The van der Waals surface area contributed by atoms with Crippen molar-refractivity contribution in [3.05, 3.63) is 10.1 Å². The fourth-order valence-corrected chi connectivity index (χ4v) is 0.838. The molecule has 0 radical (unpaired) electrons. The van der Waals surface area contributed by atoms with Gasteiger partial charge < -0.3 is 5.11 Å². The van der Waals surface area contributed by atoms with Crippen molar-refractivity contribution in [3.63, 3.8) is 0 Å². The van der Waals surface area contributed by atoms with Crippen LogP contribution >= 0.6 is 15.9 Å². The normalized spacial score (nSPS) is 16.3. The summed E-state index contributed by atoms with van der Waals surface area (Å²) < 4.78 is 0. The second-order valence-electron chi connectivity index (χ2n) is 2.01. The molecule has 1 N–H and O–H groups in total. The van der Waals surface area contributed by atoms with Crippen LogP contribution in [0.2, 0.25) is 0 Å². The smallest absolute Gasteiger partial charge is 0.291 e. The van der Waals surface area contributed by atoms with E-state index in [-0.39, 0.29) is 0 Å². The third-order valence-electron chi connectivity index (χ3n) is 1.10. The summed E-state index contributed by atoms with van der Waals surface area (Å²) in [6.45, 7) is 1.86. The van der Waals surface area contributed by atoms with Gasteiger partial charge in [-0.25, -0.2) is 0 Å². The van der Waals surface area contributed by atoms with Gasteiger partial charge in [0, 0.05) is 4.92 Å². The molecule has 0 bridgehead atoms. The van der Waals surface area contributed by atoms with E-state index in [1.165, 1.54) is 0 Å². The molecule has 60 valence electrons. The number of halogens is 1. The topological polar surface area (TPSA) is 63.4 Å². The molecule has 0 spiro atoms. The number of hydrogen-bond acceptors (Lipinski definition) is 3. The molecule has 0 saturated carbocycles. The van der Waals surface area contributed by atoms with Crippen molar-refractivity contribution in [2.45, 2.75) is 30.8 Å². The van der Waals surface area contributed by atoms with Crippen molar-refractivity contribution < 1.29 is 10.0 Å². The lowest BCUT2D eigenvalue weighted by Crippen LogP contribution is -2.27. The summed E-state index contributed by atoms with van der Waals surface area (Å²) in [5.41, 5.74) is 0. The summed E-state index contributed by atoms with van der Waals surface area (Å²) in [6.07, 6.45) is 0.327. The van der Waals surface area contributed by atoms with E-state index in [2.05, 4.69) is 15.9 Å². The predicted molar refractivity (Wildman–Crippen MR) is 40.6 cm³/mol. The summed E-state index contributed by atoms with van der Waals surface area (Å²) in [6, 6.07) is 0. The predicted octanol–water partition coefficient (Wildman–Crippen LogP) is 1.15. The number of alkyl halides is 1. The lowest BCUT2D eigenvalue weighted by molar-refractivity contribution is -0.504. The van der Waals surface area contributed by atoms with Gasteiger partial charge >= 0.3 is 0 Å². The van der Waals surface area contributed by atoms with Crippen molar-refractivity contribution in [1.82, 2.24) is 0 Å². The minimum absolute atomic E-state index is 0.455. The zero-order chi connectivity index (χ0) is 8.15. The summed E-state index contributed by atoms with van der Waals surface area (Å²) in [4.78, 5) is 8.45. The summed E-state index contributed by atoms with van der Waals surface area (Å²) in [7, 11) is 0. The number of aliphatic hydroxyl groups excluding tert-OH is 1. The monoisotopic (exact) mass is 211 g/mol. The van der Waals surface area contributed by atoms with Gasteiger partial charge in [-0.15, -0.1) is 0 Å². The van der Waals surface area contributed by atoms with E-state index >= 15 is 0 Å². The van der Waals surface area contributed by atoms with Gasteiger partial charge in [-0.3, -0.25) is 10.1 Å². The van der Waals surface area contributed by atoms with Crippen LogP contribution in [0.5, 0.6) is 0 Å². The molecule has 2 unspecified atom stereocenters. The number of rotatable bonds is 4. The first-order valence-corrected chi connectivity index (χ1v) is 3.96. The molecular formula is C5H10BrNO3. The quantitative estimate of drug-likeness (QED) is 0.329. The first kappa shape index (κ1) is 9.84. The van der Waals surface area contributed by atoms with Crippen LogP contribution in [0.4, 0.5) is 0 Å². The Morgan fingerprint density at radius 2 is 2.30 bits per heavy atom. The van der Waals surface area contributed by atoms with E-state index in [4.69, 9.17) is 5.11 Å². The van der Waals surface area contributed by atoms with Crippen molar-refractivity contribution in [1.29, 1.82) is 0 Å². The van der Waals surface area contributed by atoms with Gasteiger partial charge in [0.2, 0.25) is 0 Å². The standard InChI is InChI=1S/C5H10BrNO3/c1-2-3-4(8)5(6)7(9)10/h4-5,8H,2-3H2,1H3. The van der Waals surface area contributed by atoms with Gasteiger partial charge in [-0.05, 0) is 22.4 Å². The van der Waals surface area contributed by atoms with Crippen LogP contribution in [0, 0.1) is 10.1 Å². The number of hydrogen-bond donors (Lipinski definition) is 1. The minimum atomic E-state index is -1.02. The lowest BCUT2D eigenvalue weighted by Gasteiger charge is -2.08. The number of nitrogens with zero attached hydrogens (tertiary/aromatic N) is 1. The average Bonchev–Trinajstić information content (AvgIpc) is 1.87. The van der Waals surface area contributed by atoms with E-state index in [1.807, 2.05) is 6.92 Å². The highest BCUT2D eigenvalue weighted by Crippen LogP contribution is 2.10. The summed E-state index contributed by atoms with van der Waals surface area (Å²) in [5, 5.41) is 19.0. The molecule has 0 heterocycles. The van der Waals surface area contributed by atoms with Crippen LogP contribution in [0.1, 0.15) is 19.8 Å². The Morgan fingerprint density at radius 3 is 2.60 bits per heavy atom. The zero-order valence-electron chi connectivity index (χ0n) is 5.66. The first-order chi connectivity index (χ1) is 4.59. The van der Waals surface area contributed by atoms with Crippen LogP contribution in [-0.4, -0.2) is 21.1 Å². The fourth-order valence-electron chi connectivity index (χ4n) is 0.574. The Kier molecular flexibility index (Phi) is 4.55. The third-order valence-corrected chi connectivity index (χ3v) is 2.05. The highest BCUT2D eigenvalue weighted by atomic mass is 79.9. The Hall–Kier alpha value is -0.160. The van der Waals surface area contributed by atoms with Crippen LogP contribution in [0.25, 0.3) is 0 Å². The third kappa shape index (κ3) is 3.12. The van der Waals surface area contributed by atoms with Crippen LogP contribution in [0.15, 0.2) is 0 Å². The van der Waals surface area contributed by atoms with Gasteiger partial charge in [0.1, 0.15) is 6.10 Å². The molecule has 0 rings (SSSR count). The maximum absolute atomic E-state index is 10.0. The van der Waals surface area contributed by atoms with E-state index in [0.29, 0.717) is 6.42 Å². The van der Waals surface area contributed by atoms with Crippen LogP contribution in [0.3, 0.4) is 0 Å². The second kappa shape index (κ2) is 4.62. The molecule has 0 aromatic heterocycles. The summed E-state index contributed by atoms with van der Waals surface area (Å²) >= 11 is 2.76. The number of aliphatic hydroxyl groups is 1. The van der Waals surface area contributed by atoms with Gasteiger partial charge in [0.15, 0.2) is 0 Å². The molecule has 0 fully saturated rings. The lowest BCUT2D eigenvalue weighted by atomic mass is 10.2. The highest BCUT2D eigenvalue weighted by molar-refractivity contribution is 9.09. The maximum Gasteiger partial charge on any atom is 0.291 e. The van der Waals surface area contributed by atoms with Crippen LogP contribution in [-0.2, 0) is 0 Å². The molecule has 0 saturated heterocycles.